The lowest BCUT2D eigenvalue weighted by Crippen LogP contribution is -2.41. The molecule has 2 unspecified atom stereocenters. The molecule has 102 valence electrons. The van der Waals surface area contributed by atoms with E-state index in [1.807, 2.05) is 0 Å². The van der Waals surface area contributed by atoms with Crippen LogP contribution in [0.15, 0.2) is 0 Å². The zero-order chi connectivity index (χ0) is 13.3. The van der Waals surface area contributed by atoms with E-state index >= 15 is 0 Å². The third-order valence-electron chi connectivity index (χ3n) is 3.77. The topological polar surface area (TPSA) is 23.5 Å². The molecule has 0 aromatic heterocycles. The minimum absolute atomic E-state index is 0.0922. The van der Waals surface area contributed by atoms with Gasteiger partial charge >= 0.3 is 0 Å². The first-order chi connectivity index (χ1) is 7.59. The molecule has 17 heavy (non-hydrogen) atoms. The van der Waals surface area contributed by atoms with Crippen LogP contribution in [0.5, 0.6) is 0 Å². The van der Waals surface area contributed by atoms with Crippen molar-refractivity contribution in [1.29, 1.82) is 0 Å². The molecule has 1 saturated carbocycles. The van der Waals surface area contributed by atoms with Crippen LogP contribution in [0.2, 0.25) is 0 Å². The number of rotatable bonds is 3. The van der Waals surface area contributed by atoms with Crippen LogP contribution in [0.1, 0.15) is 53.9 Å². The van der Waals surface area contributed by atoms with Crippen molar-refractivity contribution in [3.05, 3.63) is 0 Å². The summed E-state index contributed by atoms with van der Waals surface area (Å²) in [5.41, 5.74) is 0.746. The molecule has 1 rings (SSSR count). The van der Waals surface area contributed by atoms with Crippen LogP contribution in [-0.4, -0.2) is 36.2 Å². The van der Waals surface area contributed by atoms with Gasteiger partial charge in [-0.25, -0.2) is 0 Å². The maximum atomic E-state index is 10.1. The van der Waals surface area contributed by atoms with Crippen LogP contribution < -0.4 is 0 Å². The molecular formula is C15H31NO. The zero-order valence-electron chi connectivity index (χ0n) is 12.6. The number of hydrogen-bond acceptors (Lipinski definition) is 2. The highest BCUT2D eigenvalue weighted by atomic mass is 16.3. The first-order valence-corrected chi connectivity index (χ1v) is 6.96. The molecule has 0 saturated heterocycles. The normalized spacial score (nSPS) is 29.6. The summed E-state index contributed by atoms with van der Waals surface area (Å²) in [5, 5.41) is 10.1. The number of aliphatic hydroxyl groups excluding tert-OH is 1. The summed E-state index contributed by atoms with van der Waals surface area (Å²) < 4.78 is 0. The van der Waals surface area contributed by atoms with Crippen molar-refractivity contribution in [1.82, 2.24) is 4.90 Å². The molecule has 0 heterocycles. The van der Waals surface area contributed by atoms with Gasteiger partial charge in [-0.2, -0.15) is 0 Å². The van der Waals surface area contributed by atoms with Gasteiger partial charge in [0, 0.05) is 13.1 Å². The Morgan fingerprint density at radius 3 is 2.41 bits per heavy atom. The van der Waals surface area contributed by atoms with Crippen LogP contribution in [0.4, 0.5) is 0 Å². The van der Waals surface area contributed by atoms with Crippen molar-refractivity contribution in [2.45, 2.75) is 60.0 Å². The summed E-state index contributed by atoms with van der Waals surface area (Å²) in [4.78, 5) is 2.38. The van der Waals surface area contributed by atoms with E-state index in [9.17, 15) is 5.11 Å². The Labute approximate surface area is 107 Å². The van der Waals surface area contributed by atoms with Crippen molar-refractivity contribution >= 4 is 0 Å². The summed E-state index contributed by atoms with van der Waals surface area (Å²) >= 11 is 0. The average Bonchev–Trinajstić information content (AvgIpc) is 2.07. The average molecular weight is 241 g/mol. The molecule has 0 aromatic rings. The minimum atomic E-state index is -0.0922. The Hall–Kier alpha value is -0.0800. The van der Waals surface area contributed by atoms with E-state index in [2.05, 4.69) is 46.6 Å². The van der Waals surface area contributed by atoms with E-state index in [0.717, 1.165) is 32.4 Å². The van der Waals surface area contributed by atoms with Gasteiger partial charge in [0.25, 0.3) is 0 Å². The molecule has 1 aliphatic rings. The van der Waals surface area contributed by atoms with Crippen molar-refractivity contribution in [3.8, 4) is 0 Å². The van der Waals surface area contributed by atoms with E-state index < -0.39 is 0 Å². The van der Waals surface area contributed by atoms with E-state index in [4.69, 9.17) is 0 Å². The summed E-state index contributed by atoms with van der Waals surface area (Å²) in [6.07, 6.45) is 3.20. The maximum absolute atomic E-state index is 10.1. The van der Waals surface area contributed by atoms with Gasteiger partial charge in [-0.1, -0.05) is 34.6 Å². The molecule has 0 aromatic carbocycles. The van der Waals surface area contributed by atoms with E-state index in [1.54, 1.807) is 0 Å². The monoisotopic (exact) mass is 241 g/mol. The minimum Gasteiger partial charge on any atom is -0.393 e. The largest absolute Gasteiger partial charge is 0.393 e. The summed E-state index contributed by atoms with van der Waals surface area (Å²) in [5.74, 6) is 0.450. The van der Waals surface area contributed by atoms with Gasteiger partial charge < -0.3 is 10.0 Å². The number of aliphatic hydroxyl groups is 1. The second-order valence-electron chi connectivity index (χ2n) is 7.99. The van der Waals surface area contributed by atoms with Crippen molar-refractivity contribution in [2.24, 2.45) is 16.7 Å². The second kappa shape index (κ2) is 5.27. The Balaban J connectivity index is 2.49. The molecule has 0 spiro atoms. The van der Waals surface area contributed by atoms with Gasteiger partial charge in [0.1, 0.15) is 0 Å². The fraction of sp³-hybridized carbons (Fsp3) is 1.00. The quantitative estimate of drug-likeness (QED) is 0.820. The van der Waals surface area contributed by atoms with E-state index in [-0.39, 0.29) is 6.10 Å². The number of hydrogen-bond donors (Lipinski definition) is 1. The highest BCUT2D eigenvalue weighted by Crippen LogP contribution is 2.39. The van der Waals surface area contributed by atoms with E-state index in [1.165, 1.54) is 0 Å². The molecule has 0 amide bonds. The molecule has 0 aliphatic heterocycles. The summed E-state index contributed by atoms with van der Waals surface area (Å²) in [7, 11) is 2.18. The molecule has 1 fully saturated rings. The SMILES string of the molecule is CN(CC1CC(C)(C)CCC1O)CC(C)(C)C. The predicted octanol–water partition coefficient (Wildman–Crippen LogP) is 3.15. The van der Waals surface area contributed by atoms with Crippen LogP contribution >= 0.6 is 0 Å². The Kier molecular flexibility index (Phi) is 4.65. The molecule has 0 radical (unpaired) electrons. The molecule has 2 heteroatoms. The molecule has 2 atom stereocenters. The summed E-state index contributed by atoms with van der Waals surface area (Å²) in [6, 6.07) is 0. The van der Waals surface area contributed by atoms with Gasteiger partial charge in [0.05, 0.1) is 6.10 Å². The van der Waals surface area contributed by atoms with Crippen molar-refractivity contribution < 1.29 is 5.11 Å². The van der Waals surface area contributed by atoms with Gasteiger partial charge in [-0.15, -0.1) is 0 Å². The van der Waals surface area contributed by atoms with Crippen LogP contribution in [0.3, 0.4) is 0 Å². The fourth-order valence-corrected chi connectivity index (χ4v) is 3.18. The maximum Gasteiger partial charge on any atom is 0.0581 e. The molecule has 0 bridgehead atoms. The Morgan fingerprint density at radius 1 is 1.29 bits per heavy atom. The molecular weight excluding hydrogens is 210 g/mol. The first-order valence-electron chi connectivity index (χ1n) is 6.96. The lowest BCUT2D eigenvalue weighted by Gasteiger charge is -2.41. The second-order valence-corrected chi connectivity index (χ2v) is 7.99. The third-order valence-corrected chi connectivity index (χ3v) is 3.77. The fourth-order valence-electron chi connectivity index (χ4n) is 3.18. The lowest BCUT2D eigenvalue weighted by atomic mass is 9.70. The number of nitrogens with zero attached hydrogens (tertiary/aromatic N) is 1. The van der Waals surface area contributed by atoms with Crippen molar-refractivity contribution in [3.63, 3.8) is 0 Å². The lowest BCUT2D eigenvalue weighted by molar-refractivity contribution is 0.00416. The van der Waals surface area contributed by atoms with Gasteiger partial charge in [-0.05, 0) is 43.1 Å². The standard InChI is InChI=1S/C15H31NO/c1-14(2,3)11-16(6)10-12-9-15(4,5)8-7-13(12)17/h12-13,17H,7-11H2,1-6H3. The highest BCUT2D eigenvalue weighted by molar-refractivity contribution is 4.86. The van der Waals surface area contributed by atoms with Gasteiger partial charge in [-0.3, -0.25) is 0 Å². The zero-order valence-corrected chi connectivity index (χ0v) is 12.6. The van der Waals surface area contributed by atoms with Crippen LogP contribution in [0.25, 0.3) is 0 Å². The first kappa shape index (κ1) is 15.0. The Morgan fingerprint density at radius 2 is 1.88 bits per heavy atom. The smallest absolute Gasteiger partial charge is 0.0581 e. The Bertz CT molecular complexity index is 242. The molecule has 1 aliphatic carbocycles. The third kappa shape index (κ3) is 5.39. The van der Waals surface area contributed by atoms with E-state index in [0.29, 0.717) is 16.7 Å². The highest BCUT2D eigenvalue weighted by Gasteiger charge is 2.34. The molecule has 1 N–H and O–H groups in total. The van der Waals surface area contributed by atoms with Crippen LogP contribution in [-0.2, 0) is 0 Å². The van der Waals surface area contributed by atoms with Gasteiger partial charge in [0.15, 0.2) is 0 Å². The van der Waals surface area contributed by atoms with Crippen molar-refractivity contribution in [2.75, 3.05) is 20.1 Å². The summed E-state index contributed by atoms with van der Waals surface area (Å²) in [6.45, 7) is 13.6. The predicted molar refractivity (Wildman–Crippen MR) is 74.1 cm³/mol. The van der Waals surface area contributed by atoms with Gasteiger partial charge in [0.2, 0.25) is 0 Å². The molecule has 2 nitrogen and oxygen atoms in total. The van der Waals surface area contributed by atoms with Crippen LogP contribution in [0, 0.1) is 16.7 Å².